The molecule has 1 heterocycles. The van der Waals surface area contributed by atoms with E-state index in [0.717, 1.165) is 6.54 Å². The molecular formula is C8H16N2OS. The summed E-state index contributed by atoms with van der Waals surface area (Å²) in [5.74, 6) is 0. The van der Waals surface area contributed by atoms with E-state index in [4.69, 9.17) is 10.5 Å². The number of ether oxygens (including phenoxy) is 1. The summed E-state index contributed by atoms with van der Waals surface area (Å²) >= 11 is 1.79. The van der Waals surface area contributed by atoms with Gasteiger partial charge in [0, 0.05) is 13.7 Å². The number of hydrogen-bond donors (Lipinski definition) is 2. The first-order valence-corrected chi connectivity index (χ1v) is 5.40. The van der Waals surface area contributed by atoms with Crippen molar-refractivity contribution >= 4 is 11.8 Å². The van der Waals surface area contributed by atoms with Gasteiger partial charge in [-0.15, -0.1) is 11.8 Å². The molecule has 1 aliphatic heterocycles. The van der Waals surface area contributed by atoms with E-state index in [9.17, 15) is 0 Å². The molecule has 1 aliphatic carbocycles. The zero-order valence-corrected chi connectivity index (χ0v) is 8.19. The first-order chi connectivity index (χ1) is 5.76. The third-order valence-corrected chi connectivity index (χ3v) is 3.87. The fourth-order valence-electron chi connectivity index (χ4n) is 1.60. The van der Waals surface area contributed by atoms with E-state index in [0.29, 0.717) is 10.7 Å². The van der Waals surface area contributed by atoms with Crippen LogP contribution in [0.5, 0.6) is 0 Å². The molecule has 2 aliphatic rings. The van der Waals surface area contributed by atoms with Gasteiger partial charge in [0.1, 0.15) is 0 Å². The Morgan fingerprint density at radius 3 is 2.67 bits per heavy atom. The minimum Gasteiger partial charge on any atom is -0.377 e. The average molecular weight is 188 g/mol. The van der Waals surface area contributed by atoms with E-state index >= 15 is 0 Å². The summed E-state index contributed by atoms with van der Waals surface area (Å²) < 4.78 is 5.47. The van der Waals surface area contributed by atoms with Gasteiger partial charge < -0.3 is 15.8 Å². The molecule has 2 atom stereocenters. The monoisotopic (exact) mass is 188 g/mol. The highest BCUT2D eigenvalue weighted by molar-refractivity contribution is 8.07. The summed E-state index contributed by atoms with van der Waals surface area (Å²) in [4.78, 5) is 0. The van der Waals surface area contributed by atoms with Gasteiger partial charge in [0.25, 0.3) is 0 Å². The normalized spacial score (nSPS) is 37.5. The molecule has 0 radical (unpaired) electrons. The summed E-state index contributed by atoms with van der Waals surface area (Å²) in [6, 6.07) is 0. The smallest absolute Gasteiger partial charge is 0.0802 e. The zero-order valence-electron chi connectivity index (χ0n) is 7.38. The van der Waals surface area contributed by atoms with E-state index in [1.807, 2.05) is 0 Å². The Labute approximate surface area is 77.4 Å². The SMILES string of the molecule is COC1(CNC2SC2N)CCC1. The van der Waals surface area contributed by atoms with Gasteiger partial charge in [0.15, 0.2) is 0 Å². The number of nitrogens with two attached hydrogens (primary N) is 1. The molecule has 2 fully saturated rings. The summed E-state index contributed by atoms with van der Waals surface area (Å²) in [7, 11) is 1.81. The molecule has 3 N–H and O–H groups in total. The van der Waals surface area contributed by atoms with E-state index in [1.165, 1.54) is 19.3 Å². The third-order valence-electron chi connectivity index (χ3n) is 2.85. The predicted molar refractivity (Wildman–Crippen MR) is 50.9 cm³/mol. The van der Waals surface area contributed by atoms with Crippen molar-refractivity contribution < 1.29 is 4.74 Å². The number of methoxy groups -OCH3 is 1. The average Bonchev–Trinajstić information content (AvgIpc) is 2.66. The molecule has 0 amide bonds. The Morgan fingerprint density at radius 2 is 2.33 bits per heavy atom. The van der Waals surface area contributed by atoms with Crippen molar-refractivity contribution in [1.29, 1.82) is 0 Å². The minimum absolute atomic E-state index is 0.142. The van der Waals surface area contributed by atoms with Crippen LogP contribution < -0.4 is 11.1 Å². The second kappa shape index (κ2) is 3.18. The van der Waals surface area contributed by atoms with Crippen LogP contribution in [0.3, 0.4) is 0 Å². The lowest BCUT2D eigenvalue weighted by Gasteiger charge is -2.40. The van der Waals surface area contributed by atoms with Gasteiger partial charge in [-0.1, -0.05) is 0 Å². The van der Waals surface area contributed by atoms with Gasteiger partial charge in [-0.05, 0) is 19.3 Å². The third kappa shape index (κ3) is 1.62. The number of hydrogen-bond acceptors (Lipinski definition) is 4. The van der Waals surface area contributed by atoms with Crippen molar-refractivity contribution in [2.24, 2.45) is 5.73 Å². The van der Waals surface area contributed by atoms with Crippen LogP contribution in [0.1, 0.15) is 19.3 Å². The highest BCUT2D eigenvalue weighted by Gasteiger charge is 2.41. The largest absolute Gasteiger partial charge is 0.377 e. The van der Waals surface area contributed by atoms with Crippen LogP contribution in [-0.2, 0) is 4.74 Å². The second-order valence-corrected chi connectivity index (χ2v) is 4.97. The summed E-state index contributed by atoms with van der Waals surface area (Å²) in [6.07, 6.45) is 3.70. The molecule has 3 nitrogen and oxygen atoms in total. The van der Waals surface area contributed by atoms with Gasteiger partial charge >= 0.3 is 0 Å². The Balaban J connectivity index is 1.70. The Hall–Kier alpha value is 0.230. The van der Waals surface area contributed by atoms with E-state index < -0.39 is 0 Å². The molecule has 0 aromatic heterocycles. The molecule has 2 rings (SSSR count). The molecule has 0 aromatic rings. The first-order valence-electron chi connectivity index (χ1n) is 4.45. The van der Waals surface area contributed by atoms with Gasteiger partial charge in [0.05, 0.1) is 16.3 Å². The first kappa shape index (κ1) is 8.81. The zero-order chi connectivity index (χ0) is 8.60. The van der Waals surface area contributed by atoms with Gasteiger partial charge in [-0.2, -0.15) is 0 Å². The van der Waals surface area contributed by atoms with Crippen LogP contribution in [0.4, 0.5) is 0 Å². The standard InChI is InChI=1S/C8H16N2OS/c1-11-8(3-2-4-8)5-10-7-6(9)12-7/h6-7,10H,2-5,9H2,1H3. The van der Waals surface area contributed by atoms with Gasteiger partial charge in [-0.25, -0.2) is 0 Å². The number of rotatable bonds is 4. The summed E-state index contributed by atoms with van der Waals surface area (Å²) in [5.41, 5.74) is 5.80. The predicted octanol–water partition coefficient (Wildman–Crippen LogP) is 0.503. The van der Waals surface area contributed by atoms with E-state index in [1.54, 1.807) is 18.9 Å². The molecule has 2 unspecified atom stereocenters. The van der Waals surface area contributed by atoms with Gasteiger partial charge in [-0.3, -0.25) is 0 Å². The van der Waals surface area contributed by atoms with Crippen molar-refractivity contribution in [1.82, 2.24) is 5.32 Å². The highest BCUT2D eigenvalue weighted by Crippen LogP contribution is 2.38. The Kier molecular flexibility index (Phi) is 2.33. The maximum absolute atomic E-state index is 5.66. The molecule has 1 saturated heterocycles. The van der Waals surface area contributed by atoms with Crippen LogP contribution in [0.15, 0.2) is 0 Å². The second-order valence-electron chi connectivity index (χ2n) is 3.64. The molecule has 0 spiro atoms. The van der Waals surface area contributed by atoms with Crippen molar-refractivity contribution in [3.63, 3.8) is 0 Å². The Bertz CT molecular complexity index is 167. The van der Waals surface area contributed by atoms with Gasteiger partial charge in [0.2, 0.25) is 0 Å². The van der Waals surface area contributed by atoms with Crippen LogP contribution in [-0.4, -0.2) is 30.0 Å². The topological polar surface area (TPSA) is 47.3 Å². The lowest BCUT2D eigenvalue weighted by Crippen LogP contribution is -2.49. The molecule has 4 heteroatoms. The van der Waals surface area contributed by atoms with Crippen LogP contribution >= 0.6 is 11.8 Å². The summed E-state index contributed by atoms with van der Waals surface area (Å²) in [6.45, 7) is 0.967. The molecular weight excluding hydrogens is 172 g/mol. The van der Waals surface area contributed by atoms with Crippen molar-refractivity contribution in [2.75, 3.05) is 13.7 Å². The number of nitrogens with one attached hydrogen (secondary N) is 1. The minimum atomic E-state index is 0.142. The quantitative estimate of drug-likeness (QED) is 0.631. The highest BCUT2D eigenvalue weighted by atomic mass is 32.2. The maximum atomic E-state index is 5.66. The van der Waals surface area contributed by atoms with E-state index in [2.05, 4.69) is 5.32 Å². The van der Waals surface area contributed by atoms with Crippen molar-refractivity contribution in [3.8, 4) is 0 Å². The lowest BCUT2D eigenvalue weighted by molar-refractivity contribution is -0.0692. The Morgan fingerprint density at radius 1 is 1.67 bits per heavy atom. The fourth-order valence-corrected chi connectivity index (χ4v) is 2.12. The number of thioether (sulfide) groups is 1. The molecule has 0 aromatic carbocycles. The maximum Gasteiger partial charge on any atom is 0.0802 e. The van der Waals surface area contributed by atoms with Crippen molar-refractivity contribution in [2.45, 2.75) is 35.6 Å². The van der Waals surface area contributed by atoms with E-state index in [-0.39, 0.29) is 5.60 Å². The van der Waals surface area contributed by atoms with Crippen LogP contribution in [0.25, 0.3) is 0 Å². The lowest BCUT2D eigenvalue weighted by atomic mass is 9.80. The fraction of sp³-hybridized carbons (Fsp3) is 1.00. The molecule has 1 saturated carbocycles. The molecule has 12 heavy (non-hydrogen) atoms. The van der Waals surface area contributed by atoms with Crippen LogP contribution in [0, 0.1) is 0 Å². The van der Waals surface area contributed by atoms with Crippen LogP contribution in [0.2, 0.25) is 0 Å². The van der Waals surface area contributed by atoms with Crippen molar-refractivity contribution in [3.05, 3.63) is 0 Å². The summed E-state index contributed by atoms with van der Waals surface area (Å²) in [5, 5.41) is 4.22. The molecule has 0 bridgehead atoms. The molecule has 70 valence electrons.